The lowest BCUT2D eigenvalue weighted by Gasteiger charge is -2.28. The lowest BCUT2D eigenvalue weighted by Crippen LogP contribution is -2.35. The number of carbonyl (C=O) groups excluding carboxylic acids is 1. The van der Waals surface area contributed by atoms with Crippen LogP contribution in [-0.4, -0.2) is 33.4 Å². The van der Waals surface area contributed by atoms with E-state index in [0.29, 0.717) is 11.5 Å². The van der Waals surface area contributed by atoms with Crippen molar-refractivity contribution in [2.45, 2.75) is 45.7 Å². The van der Waals surface area contributed by atoms with E-state index in [0.717, 1.165) is 40.6 Å². The number of aromatic nitrogens is 2. The van der Waals surface area contributed by atoms with Gasteiger partial charge in [-0.1, -0.05) is 6.07 Å². The largest absolute Gasteiger partial charge is 0.494 e. The van der Waals surface area contributed by atoms with Crippen molar-refractivity contribution in [1.29, 1.82) is 0 Å². The molecule has 0 spiro atoms. The summed E-state index contributed by atoms with van der Waals surface area (Å²) in [6.45, 7) is 6.58. The highest BCUT2D eigenvalue weighted by molar-refractivity contribution is 7.17. The summed E-state index contributed by atoms with van der Waals surface area (Å²) in [6, 6.07) is 13.9. The van der Waals surface area contributed by atoms with Crippen LogP contribution in [0.1, 0.15) is 53.8 Å². The Kier molecular flexibility index (Phi) is 5.62. The van der Waals surface area contributed by atoms with E-state index in [2.05, 4.69) is 16.9 Å². The molecule has 6 heteroatoms. The molecule has 1 amide bonds. The van der Waals surface area contributed by atoms with Crippen LogP contribution < -0.4 is 4.74 Å². The van der Waals surface area contributed by atoms with Crippen molar-refractivity contribution in [3.63, 3.8) is 0 Å². The van der Waals surface area contributed by atoms with Crippen molar-refractivity contribution >= 4 is 17.2 Å². The van der Waals surface area contributed by atoms with Gasteiger partial charge >= 0.3 is 0 Å². The number of aryl methyl sites for hydroxylation is 1. The van der Waals surface area contributed by atoms with Gasteiger partial charge in [0.2, 0.25) is 0 Å². The summed E-state index contributed by atoms with van der Waals surface area (Å²) in [4.78, 5) is 25.3. The van der Waals surface area contributed by atoms with Crippen molar-refractivity contribution in [2.24, 2.45) is 0 Å². The average molecular weight is 408 g/mol. The molecule has 1 aliphatic rings. The molecule has 5 nitrogen and oxygen atoms in total. The van der Waals surface area contributed by atoms with Gasteiger partial charge in [0.05, 0.1) is 24.0 Å². The van der Waals surface area contributed by atoms with Gasteiger partial charge < -0.3 is 9.64 Å². The highest BCUT2D eigenvalue weighted by Gasteiger charge is 2.38. The number of amides is 1. The van der Waals surface area contributed by atoms with Crippen molar-refractivity contribution in [1.82, 2.24) is 14.9 Å². The SMILES string of the molecule is CCOc1ccc(-c2nc(C)c(C(=O)N(C3CC3)C(C)c3ccccn3)s2)cc1. The molecule has 1 saturated carbocycles. The maximum Gasteiger partial charge on any atom is 0.266 e. The first-order valence-corrected chi connectivity index (χ1v) is 10.8. The van der Waals surface area contributed by atoms with Crippen LogP contribution in [0.2, 0.25) is 0 Å². The fraction of sp³-hybridized carbons (Fsp3) is 0.348. The number of hydrogen-bond acceptors (Lipinski definition) is 5. The van der Waals surface area contributed by atoms with Gasteiger partial charge in [0.15, 0.2) is 0 Å². The van der Waals surface area contributed by atoms with Gasteiger partial charge in [-0.3, -0.25) is 9.78 Å². The molecular weight excluding hydrogens is 382 g/mol. The number of rotatable bonds is 7. The summed E-state index contributed by atoms with van der Waals surface area (Å²) < 4.78 is 5.51. The van der Waals surface area contributed by atoms with Crippen molar-refractivity contribution in [3.05, 3.63) is 64.9 Å². The minimum Gasteiger partial charge on any atom is -0.494 e. The standard InChI is InChI=1S/C23H25N3O2S/c1-4-28-19-12-8-17(9-13-19)22-25-15(2)21(29-22)23(27)26(18-10-11-18)16(3)20-7-5-6-14-24-20/h5-9,12-14,16,18H,4,10-11H2,1-3H3. The molecule has 0 N–H and O–H groups in total. The zero-order chi connectivity index (χ0) is 20.4. The molecule has 0 radical (unpaired) electrons. The van der Waals surface area contributed by atoms with E-state index in [9.17, 15) is 4.79 Å². The molecule has 2 heterocycles. The average Bonchev–Trinajstić information content (AvgIpc) is 3.50. The lowest BCUT2D eigenvalue weighted by molar-refractivity contribution is 0.0674. The van der Waals surface area contributed by atoms with Gasteiger partial charge in [0.25, 0.3) is 5.91 Å². The highest BCUT2D eigenvalue weighted by atomic mass is 32.1. The second-order valence-corrected chi connectivity index (χ2v) is 8.26. The molecule has 0 bridgehead atoms. The van der Waals surface area contributed by atoms with Crippen LogP contribution in [0, 0.1) is 6.92 Å². The molecule has 2 aromatic heterocycles. The van der Waals surface area contributed by atoms with E-state index in [1.54, 1.807) is 6.20 Å². The van der Waals surface area contributed by atoms with Crippen LogP contribution in [0.15, 0.2) is 48.7 Å². The Morgan fingerprint density at radius 2 is 2.00 bits per heavy atom. The number of thiazole rings is 1. The molecule has 3 aromatic rings. The van der Waals surface area contributed by atoms with Crippen molar-refractivity contribution in [3.8, 4) is 16.3 Å². The van der Waals surface area contributed by atoms with Gasteiger partial charge in [0.1, 0.15) is 15.6 Å². The first-order valence-electron chi connectivity index (χ1n) is 10.0. The zero-order valence-electron chi connectivity index (χ0n) is 17.0. The first-order chi connectivity index (χ1) is 14.1. The highest BCUT2D eigenvalue weighted by Crippen LogP contribution is 2.37. The second-order valence-electron chi connectivity index (χ2n) is 7.27. The third kappa shape index (κ3) is 4.17. The van der Waals surface area contributed by atoms with E-state index < -0.39 is 0 Å². The van der Waals surface area contributed by atoms with Crippen molar-refractivity contribution in [2.75, 3.05) is 6.61 Å². The van der Waals surface area contributed by atoms with E-state index >= 15 is 0 Å². The maximum absolute atomic E-state index is 13.5. The maximum atomic E-state index is 13.5. The monoisotopic (exact) mass is 407 g/mol. The van der Waals surface area contributed by atoms with Gasteiger partial charge in [-0.05, 0) is 70.0 Å². The quantitative estimate of drug-likeness (QED) is 0.535. The van der Waals surface area contributed by atoms with Crippen LogP contribution in [0.5, 0.6) is 5.75 Å². The van der Waals surface area contributed by atoms with Gasteiger partial charge in [-0.25, -0.2) is 4.98 Å². The van der Waals surface area contributed by atoms with E-state index in [-0.39, 0.29) is 18.0 Å². The summed E-state index contributed by atoms with van der Waals surface area (Å²) in [5.41, 5.74) is 2.70. The third-order valence-electron chi connectivity index (χ3n) is 5.11. The second kappa shape index (κ2) is 8.33. The molecule has 150 valence electrons. The number of ether oxygens (including phenoxy) is 1. The summed E-state index contributed by atoms with van der Waals surface area (Å²) in [5.74, 6) is 0.891. The molecule has 1 fully saturated rings. The van der Waals surface area contributed by atoms with Gasteiger partial charge in [-0.2, -0.15) is 0 Å². The Bertz CT molecular complexity index is 981. The van der Waals surface area contributed by atoms with Gasteiger partial charge in [0, 0.05) is 17.8 Å². The van der Waals surface area contributed by atoms with E-state index in [1.165, 1.54) is 11.3 Å². The summed E-state index contributed by atoms with van der Waals surface area (Å²) in [6.07, 6.45) is 3.88. The Morgan fingerprint density at radius 1 is 1.24 bits per heavy atom. The smallest absolute Gasteiger partial charge is 0.266 e. The topological polar surface area (TPSA) is 55.3 Å². The van der Waals surface area contributed by atoms with Crippen LogP contribution in [0.4, 0.5) is 0 Å². The first kappa shape index (κ1) is 19.6. The minimum atomic E-state index is -0.0633. The summed E-state index contributed by atoms with van der Waals surface area (Å²) >= 11 is 1.46. The predicted octanol–water partition coefficient (Wildman–Crippen LogP) is 5.28. The molecule has 29 heavy (non-hydrogen) atoms. The Morgan fingerprint density at radius 3 is 2.62 bits per heavy atom. The fourth-order valence-corrected chi connectivity index (χ4v) is 4.49. The van der Waals surface area contributed by atoms with Crippen LogP contribution in [0.25, 0.3) is 10.6 Å². The van der Waals surface area contributed by atoms with Crippen LogP contribution >= 0.6 is 11.3 Å². The number of benzene rings is 1. The van der Waals surface area contributed by atoms with Gasteiger partial charge in [-0.15, -0.1) is 11.3 Å². The Hall–Kier alpha value is -2.73. The molecule has 4 rings (SSSR count). The zero-order valence-corrected chi connectivity index (χ0v) is 17.8. The Balaban J connectivity index is 1.61. The minimum absolute atomic E-state index is 0.0536. The molecule has 0 aliphatic heterocycles. The lowest BCUT2D eigenvalue weighted by atomic mass is 10.1. The third-order valence-corrected chi connectivity index (χ3v) is 6.31. The summed E-state index contributed by atoms with van der Waals surface area (Å²) in [7, 11) is 0. The normalized spacial score (nSPS) is 14.4. The molecule has 1 unspecified atom stereocenters. The van der Waals surface area contributed by atoms with Crippen LogP contribution in [-0.2, 0) is 0 Å². The molecular formula is C23H25N3O2S. The van der Waals surface area contributed by atoms with E-state index in [1.807, 2.05) is 61.2 Å². The summed E-state index contributed by atoms with van der Waals surface area (Å²) in [5, 5.41) is 0.857. The van der Waals surface area contributed by atoms with Crippen molar-refractivity contribution < 1.29 is 9.53 Å². The van der Waals surface area contributed by atoms with E-state index in [4.69, 9.17) is 4.74 Å². The number of carbonyl (C=O) groups is 1. The molecule has 1 aromatic carbocycles. The Labute approximate surface area is 175 Å². The molecule has 0 saturated heterocycles. The molecule has 1 aliphatic carbocycles. The van der Waals surface area contributed by atoms with Crippen LogP contribution in [0.3, 0.4) is 0 Å². The fourth-order valence-electron chi connectivity index (χ4n) is 3.47. The molecule has 1 atom stereocenters. The number of hydrogen-bond donors (Lipinski definition) is 0. The number of pyridine rings is 1. The predicted molar refractivity (Wildman–Crippen MR) is 115 cm³/mol. The number of nitrogens with zero attached hydrogens (tertiary/aromatic N) is 3.